The van der Waals surface area contributed by atoms with Gasteiger partial charge in [-0.25, -0.2) is 0 Å². The zero-order valence-electron chi connectivity index (χ0n) is 7.99. The van der Waals surface area contributed by atoms with E-state index in [1.807, 2.05) is 12.1 Å². The fraction of sp³-hybridized carbons (Fsp3) is 0.400. The normalized spacial score (nSPS) is 17.2. The van der Waals surface area contributed by atoms with Crippen molar-refractivity contribution >= 4 is 10.8 Å². The maximum absolute atomic E-state index is 11.2. The molecule has 0 saturated heterocycles. The Hall–Kier alpha value is -1.03. The maximum atomic E-state index is 11.2. The van der Waals surface area contributed by atoms with E-state index in [0.29, 0.717) is 19.0 Å². The molecule has 0 saturated carbocycles. The van der Waals surface area contributed by atoms with Crippen molar-refractivity contribution in [3.8, 4) is 11.5 Å². The molecule has 0 aromatic heterocycles. The SMILES string of the molecule is CS(=O)c1ccc2c(c1)OCCCO2. The van der Waals surface area contributed by atoms with Crippen LogP contribution in [0.4, 0.5) is 0 Å². The molecule has 0 fully saturated rings. The molecule has 3 nitrogen and oxygen atoms in total. The third kappa shape index (κ3) is 1.90. The second kappa shape index (κ2) is 4.00. The van der Waals surface area contributed by atoms with Crippen molar-refractivity contribution in [2.75, 3.05) is 19.5 Å². The number of hydrogen-bond donors (Lipinski definition) is 0. The van der Waals surface area contributed by atoms with Gasteiger partial charge in [0.05, 0.1) is 13.2 Å². The van der Waals surface area contributed by atoms with Gasteiger partial charge in [0.25, 0.3) is 0 Å². The molecule has 1 aromatic carbocycles. The summed E-state index contributed by atoms with van der Waals surface area (Å²) in [5.41, 5.74) is 0. The Kier molecular flexibility index (Phi) is 2.72. The first-order valence-electron chi connectivity index (χ1n) is 4.50. The maximum Gasteiger partial charge on any atom is 0.162 e. The molecule has 0 spiro atoms. The number of benzene rings is 1. The summed E-state index contributed by atoms with van der Waals surface area (Å²) >= 11 is 0. The van der Waals surface area contributed by atoms with Crippen molar-refractivity contribution in [1.82, 2.24) is 0 Å². The summed E-state index contributed by atoms with van der Waals surface area (Å²) in [5.74, 6) is 1.45. The summed E-state index contributed by atoms with van der Waals surface area (Å²) < 4.78 is 22.2. The van der Waals surface area contributed by atoms with Crippen molar-refractivity contribution in [2.45, 2.75) is 11.3 Å². The minimum atomic E-state index is -0.968. The Morgan fingerprint density at radius 3 is 2.64 bits per heavy atom. The second-order valence-electron chi connectivity index (χ2n) is 3.11. The molecule has 1 aliphatic heterocycles. The van der Waals surface area contributed by atoms with Gasteiger partial charge < -0.3 is 9.47 Å². The van der Waals surface area contributed by atoms with E-state index in [4.69, 9.17) is 9.47 Å². The van der Waals surface area contributed by atoms with E-state index >= 15 is 0 Å². The third-order valence-corrected chi connectivity index (χ3v) is 2.97. The highest BCUT2D eigenvalue weighted by atomic mass is 32.2. The number of hydrogen-bond acceptors (Lipinski definition) is 3. The molecule has 76 valence electrons. The van der Waals surface area contributed by atoms with Crippen LogP contribution in [0, 0.1) is 0 Å². The Morgan fingerprint density at radius 2 is 1.93 bits per heavy atom. The Morgan fingerprint density at radius 1 is 1.21 bits per heavy atom. The molecule has 0 N–H and O–H groups in total. The van der Waals surface area contributed by atoms with Crippen molar-refractivity contribution < 1.29 is 13.7 Å². The molecule has 14 heavy (non-hydrogen) atoms. The zero-order chi connectivity index (χ0) is 9.97. The van der Waals surface area contributed by atoms with Crippen LogP contribution in [0.5, 0.6) is 11.5 Å². The molecular formula is C10H12O3S. The van der Waals surface area contributed by atoms with Crippen LogP contribution in [0.2, 0.25) is 0 Å². The summed E-state index contributed by atoms with van der Waals surface area (Å²) in [5, 5.41) is 0. The number of fused-ring (bicyclic) bond motifs is 1. The largest absolute Gasteiger partial charge is 0.490 e. The van der Waals surface area contributed by atoms with Crippen LogP contribution < -0.4 is 9.47 Å². The van der Waals surface area contributed by atoms with Crippen molar-refractivity contribution in [3.05, 3.63) is 18.2 Å². The van der Waals surface area contributed by atoms with E-state index in [0.717, 1.165) is 17.1 Å². The smallest absolute Gasteiger partial charge is 0.162 e. The molecule has 0 bridgehead atoms. The highest BCUT2D eigenvalue weighted by Crippen LogP contribution is 2.31. The van der Waals surface area contributed by atoms with Gasteiger partial charge in [-0.05, 0) is 12.1 Å². The van der Waals surface area contributed by atoms with Gasteiger partial charge in [0.2, 0.25) is 0 Å². The highest BCUT2D eigenvalue weighted by molar-refractivity contribution is 7.84. The van der Waals surface area contributed by atoms with Crippen LogP contribution in [-0.2, 0) is 10.8 Å². The molecule has 0 radical (unpaired) electrons. The lowest BCUT2D eigenvalue weighted by molar-refractivity contribution is 0.297. The van der Waals surface area contributed by atoms with Crippen molar-refractivity contribution in [1.29, 1.82) is 0 Å². The average Bonchev–Trinajstić information content (AvgIpc) is 2.41. The van der Waals surface area contributed by atoms with Crippen LogP contribution in [0.15, 0.2) is 23.1 Å². The van der Waals surface area contributed by atoms with E-state index in [1.54, 1.807) is 12.3 Å². The Balaban J connectivity index is 2.37. The van der Waals surface area contributed by atoms with Gasteiger partial charge in [-0.15, -0.1) is 0 Å². The topological polar surface area (TPSA) is 35.5 Å². The first kappa shape index (κ1) is 9.52. The van der Waals surface area contributed by atoms with Crippen LogP contribution in [0.25, 0.3) is 0 Å². The summed E-state index contributed by atoms with van der Waals surface area (Å²) in [7, 11) is -0.968. The summed E-state index contributed by atoms with van der Waals surface area (Å²) in [4.78, 5) is 0.772. The quantitative estimate of drug-likeness (QED) is 0.709. The molecule has 1 aliphatic rings. The van der Waals surface area contributed by atoms with Gasteiger partial charge in [-0.3, -0.25) is 4.21 Å². The van der Waals surface area contributed by atoms with Crippen LogP contribution in [0.3, 0.4) is 0 Å². The van der Waals surface area contributed by atoms with Crippen molar-refractivity contribution in [3.63, 3.8) is 0 Å². The van der Waals surface area contributed by atoms with Gasteiger partial charge in [0.15, 0.2) is 11.5 Å². The van der Waals surface area contributed by atoms with E-state index in [9.17, 15) is 4.21 Å². The van der Waals surface area contributed by atoms with E-state index in [-0.39, 0.29) is 0 Å². The molecular weight excluding hydrogens is 200 g/mol. The van der Waals surface area contributed by atoms with E-state index in [1.165, 1.54) is 0 Å². The minimum Gasteiger partial charge on any atom is -0.490 e. The first-order valence-corrected chi connectivity index (χ1v) is 6.06. The van der Waals surface area contributed by atoms with Crippen LogP contribution >= 0.6 is 0 Å². The lowest BCUT2D eigenvalue weighted by atomic mass is 10.3. The number of ether oxygens (including phenoxy) is 2. The van der Waals surface area contributed by atoms with Gasteiger partial charge in [0, 0.05) is 34.4 Å². The van der Waals surface area contributed by atoms with E-state index in [2.05, 4.69) is 0 Å². The third-order valence-electron chi connectivity index (χ3n) is 2.05. The van der Waals surface area contributed by atoms with Crippen LogP contribution in [0.1, 0.15) is 6.42 Å². The average molecular weight is 212 g/mol. The van der Waals surface area contributed by atoms with Gasteiger partial charge in [-0.2, -0.15) is 0 Å². The fourth-order valence-corrected chi connectivity index (χ4v) is 1.86. The molecule has 0 amide bonds. The molecule has 1 unspecified atom stereocenters. The van der Waals surface area contributed by atoms with Gasteiger partial charge in [0.1, 0.15) is 0 Å². The predicted octanol–water partition coefficient (Wildman–Crippen LogP) is 1.59. The molecule has 1 atom stereocenters. The Bertz CT molecular complexity index is 362. The standard InChI is InChI=1S/C10H12O3S/c1-14(11)8-3-4-9-10(7-8)13-6-2-5-12-9/h3-4,7H,2,5-6H2,1H3. The predicted molar refractivity (Wildman–Crippen MR) is 54.4 cm³/mol. The zero-order valence-corrected chi connectivity index (χ0v) is 8.80. The molecule has 4 heteroatoms. The second-order valence-corrected chi connectivity index (χ2v) is 4.49. The van der Waals surface area contributed by atoms with Crippen molar-refractivity contribution in [2.24, 2.45) is 0 Å². The van der Waals surface area contributed by atoms with Gasteiger partial charge in [-0.1, -0.05) is 0 Å². The molecule has 0 aliphatic carbocycles. The monoisotopic (exact) mass is 212 g/mol. The summed E-state index contributed by atoms with van der Waals surface area (Å²) in [6.45, 7) is 1.34. The molecule has 1 heterocycles. The highest BCUT2D eigenvalue weighted by Gasteiger charge is 2.11. The molecule has 2 rings (SSSR count). The van der Waals surface area contributed by atoms with E-state index < -0.39 is 10.8 Å². The minimum absolute atomic E-state index is 0.660. The van der Waals surface area contributed by atoms with Gasteiger partial charge >= 0.3 is 0 Å². The fourth-order valence-electron chi connectivity index (χ4n) is 1.32. The Labute approximate surface area is 85.5 Å². The summed E-state index contributed by atoms with van der Waals surface area (Å²) in [6, 6.07) is 5.41. The summed E-state index contributed by atoms with van der Waals surface area (Å²) in [6.07, 6.45) is 2.54. The molecule has 1 aromatic rings. The first-order chi connectivity index (χ1) is 6.77. The lowest BCUT2D eigenvalue weighted by Crippen LogP contribution is -1.97. The van der Waals surface area contributed by atoms with Crippen LogP contribution in [-0.4, -0.2) is 23.7 Å². The number of rotatable bonds is 1. The lowest BCUT2D eigenvalue weighted by Gasteiger charge is -2.07.